The van der Waals surface area contributed by atoms with E-state index in [2.05, 4.69) is 5.32 Å². The van der Waals surface area contributed by atoms with Gasteiger partial charge in [0.05, 0.1) is 0 Å². The number of nitrogens with zero attached hydrogens (tertiary/aromatic N) is 2. The first kappa shape index (κ1) is 13.3. The molecule has 0 bridgehead atoms. The lowest BCUT2D eigenvalue weighted by Gasteiger charge is -2.37. The second-order valence-electron chi connectivity index (χ2n) is 5.59. The van der Waals surface area contributed by atoms with Gasteiger partial charge in [-0.15, -0.1) is 0 Å². The van der Waals surface area contributed by atoms with Crippen LogP contribution >= 0.6 is 0 Å². The van der Waals surface area contributed by atoms with Crippen molar-refractivity contribution < 1.29 is 9.59 Å². The maximum Gasteiger partial charge on any atom is 0.225 e. The largest absolute Gasteiger partial charge is 0.339 e. The summed E-state index contributed by atoms with van der Waals surface area (Å²) in [5.74, 6) is 1.02. The SMILES string of the molecule is CC(C)C(=O)N1CCN(C(=O)CC2CNC2)CC1. The molecule has 0 aromatic rings. The van der Waals surface area contributed by atoms with Crippen LogP contribution in [0.3, 0.4) is 0 Å². The van der Waals surface area contributed by atoms with Crippen molar-refractivity contribution in [2.24, 2.45) is 11.8 Å². The minimum absolute atomic E-state index is 0.0494. The van der Waals surface area contributed by atoms with Gasteiger partial charge < -0.3 is 15.1 Å². The van der Waals surface area contributed by atoms with Gasteiger partial charge in [-0.25, -0.2) is 0 Å². The molecule has 0 spiro atoms. The van der Waals surface area contributed by atoms with E-state index in [9.17, 15) is 9.59 Å². The van der Waals surface area contributed by atoms with Crippen LogP contribution in [0.4, 0.5) is 0 Å². The molecule has 0 radical (unpaired) electrons. The number of rotatable bonds is 3. The van der Waals surface area contributed by atoms with Gasteiger partial charge >= 0.3 is 0 Å². The highest BCUT2D eigenvalue weighted by atomic mass is 16.2. The summed E-state index contributed by atoms with van der Waals surface area (Å²) in [6.07, 6.45) is 0.658. The number of nitrogens with one attached hydrogen (secondary N) is 1. The highest BCUT2D eigenvalue weighted by Gasteiger charge is 2.27. The summed E-state index contributed by atoms with van der Waals surface area (Å²) in [5, 5.41) is 3.18. The van der Waals surface area contributed by atoms with Gasteiger partial charge in [-0.1, -0.05) is 13.8 Å². The molecule has 2 saturated heterocycles. The summed E-state index contributed by atoms with van der Waals surface area (Å²) in [7, 11) is 0. The predicted octanol–water partition coefficient (Wildman–Crippen LogP) is -0.0773. The van der Waals surface area contributed by atoms with Crippen LogP contribution < -0.4 is 5.32 Å². The monoisotopic (exact) mass is 253 g/mol. The maximum absolute atomic E-state index is 12.0. The molecule has 2 heterocycles. The van der Waals surface area contributed by atoms with Crippen LogP contribution in [0.25, 0.3) is 0 Å². The number of carbonyl (C=O) groups is 2. The van der Waals surface area contributed by atoms with Crippen molar-refractivity contribution >= 4 is 11.8 Å². The van der Waals surface area contributed by atoms with E-state index in [1.807, 2.05) is 23.6 Å². The Morgan fingerprint density at radius 3 is 2.11 bits per heavy atom. The van der Waals surface area contributed by atoms with E-state index < -0.39 is 0 Å². The fraction of sp³-hybridized carbons (Fsp3) is 0.846. The number of piperazine rings is 1. The first-order valence-corrected chi connectivity index (χ1v) is 6.85. The Hall–Kier alpha value is -1.10. The van der Waals surface area contributed by atoms with Crippen molar-refractivity contribution in [3.05, 3.63) is 0 Å². The van der Waals surface area contributed by atoms with Crippen molar-refractivity contribution in [1.29, 1.82) is 0 Å². The lowest BCUT2D eigenvalue weighted by Crippen LogP contribution is -2.53. The van der Waals surface area contributed by atoms with Crippen LogP contribution in [0.5, 0.6) is 0 Å². The summed E-state index contributed by atoms with van der Waals surface area (Å²) in [4.78, 5) is 27.6. The summed E-state index contributed by atoms with van der Waals surface area (Å²) in [6.45, 7) is 8.54. The molecular formula is C13H23N3O2. The van der Waals surface area contributed by atoms with E-state index in [0.717, 1.165) is 13.1 Å². The topological polar surface area (TPSA) is 52.7 Å². The summed E-state index contributed by atoms with van der Waals surface area (Å²) in [6, 6.07) is 0. The summed E-state index contributed by atoms with van der Waals surface area (Å²) in [5.41, 5.74) is 0. The molecule has 1 N–H and O–H groups in total. The molecule has 2 aliphatic heterocycles. The van der Waals surface area contributed by atoms with Gasteiger partial charge in [0.2, 0.25) is 11.8 Å². The number of amides is 2. The van der Waals surface area contributed by atoms with Crippen molar-refractivity contribution in [2.75, 3.05) is 39.3 Å². The normalized spacial score (nSPS) is 21.1. The second-order valence-corrected chi connectivity index (χ2v) is 5.59. The Labute approximate surface area is 108 Å². The highest BCUT2D eigenvalue weighted by Crippen LogP contribution is 2.13. The van der Waals surface area contributed by atoms with Gasteiger partial charge in [0.15, 0.2) is 0 Å². The zero-order valence-electron chi connectivity index (χ0n) is 11.3. The quantitative estimate of drug-likeness (QED) is 0.765. The molecule has 5 nitrogen and oxygen atoms in total. The fourth-order valence-corrected chi connectivity index (χ4v) is 2.41. The molecule has 0 atom stereocenters. The minimum Gasteiger partial charge on any atom is -0.339 e. The third kappa shape index (κ3) is 3.02. The molecule has 2 amide bonds. The van der Waals surface area contributed by atoms with Gasteiger partial charge in [0.1, 0.15) is 0 Å². The Kier molecular flexibility index (Phi) is 4.22. The van der Waals surface area contributed by atoms with Crippen LogP contribution in [0, 0.1) is 11.8 Å². The molecule has 0 aromatic carbocycles. The Morgan fingerprint density at radius 2 is 1.67 bits per heavy atom. The molecule has 2 fully saturated rings. The molecule has 5 heteroatoms. The predicted molar refractivity (Wildman–Crippen MR) is 69.0 cm³/mol. The van der Waals surface area contributed by atoms with Gasteiger partial charge in [-0.2, -0.15) is 0 Å². The molecule has 2 aliphatic rings. The van der Waals surface area contributed by atoms with Crippen LogP contribution in [-0.4, -0.2) is 60.9 Å². The van der Waals surface area contributed by atoms with E-state index in [4.69, 9.17) is 0 Å². The third-order valence-electron chi connectivity index (χ3n) is 3.77. The summed E-state index contributed by atoms with van der Waals surface area (Å²) < 4.78 is 0. The van der Waals surface area contributed by atoms with Crippen molar-refractivity contribution in [3.8, 4) is 0 Å². The van der Waals surface area contributed by atoms with Gasteiger partial charge in [-0.3, -0.25) is 9.59 Å². The lowest BCUT2D eigenvalue weighted by atomic mass is 9.98. The van der Waals surface area contributed by atoms with Gasteiger partial charge in [0, 0.05) is 38.5 Å². The second kappa shape index (κ2) is 5.69. The third-order valence-corrected chi connectivity index (χ3v) is 3.77. The first-order chi connectivity index (χ1) is 8.58. The molecule has 0 aromatic heterocycles. The Morgan fingerprint density at radius 1 is 1.11 bits per heavy atom. The van der Waals surface area contributed by atoms with Crippen LogP contribution in [0.15, 0.2) is 0 Å². The fourth-order valence-electron chi connectivity index (χ4n) is 2.41. The summed E-state index contributed by atoms with van der Waals surface area (Å²) >= 11 is 0. The van der Waals surface area contributed by atoms with Crippen molar-refractivity contribution in [3.63, 3.8) is 0 Å². The molecule has 0 aliphatic carbocycles. The van der Waals surface area contributed by atoms with Crippen LogP contribution in [-0.2, 0) is 9.59 Å². The molecule has 0 unspecified atom stereocenters. The van der Waals surface area contributed by atoms with Crippen molar-refractivity contribution in [1.82, 2.24) is 15.1 Å². The zero-order chi connectivity index (χ0) is 13.1. The van der Waals surface area contributed by atoms with Crippen LogP contribution in [0.1, 0.15) is 20.3 Å². The average molecular weight is 253 g/mol. The van der Waals surface area contributed by atoms with E-state index in [-0.39, 0.29) is 17.7 Å². The highest BCUT2D eigenvalue weighted by molar-refractivity contribution is 5.79. The first-order valence-electron chi connectivity index (χ1n) is 6.85. The average Bonchev–Trinajstić information content (AvgIpc) is 2.32. The van der Waals surface area contributed by atoms with Crippen molar-refractivity contribution in [2.45, 2.75) is 20.3 Å². The molecular weight excluding hydrogens is 230 g/mol. The molecule has 2 rings (SSSR count). The number of hydrogen-bond donors (Lipinski definition) is 1. The zero-order valence-corrected chi connectivity index (χ0v) is 11.3. The molecule has 102 valence electrons. The molecule has 0 saturated carbocycles. The standard InChI is InChI=1S/C13H23N3O2/c1-10(2)13(18)16-5-3-15(4-6-16)12(17)7-11-8-14-9-11/h10-11,14H,3-9H2,1-2H3. The van der Waals surface area contributed by atoms with E-state index in [1.54, 1.807) is 0 Å². The van der Waals surface area contributed by atoms with E-state index in [0.29, 0.717) is 38.5 Å². The van der Waals surface area contributed by atoms with E-state index in [1.165, 1.54) is 0 Å². The number of hydrogen-bond acceptors (Lipinski definition) is 3. The van der Waals surface area contributed by atoms with E-state index >= 15 is 0 Å². The minimum atomic E-state index is 0.0494. The van der Waals surface area contributed by atoms with Gasteiger partial charge in [-0.05, 0) is 19.0 Å². The smallest absolute Gasteiger partial charge is 0.225 e. The lowest BCUT2D eigenvalue weighted by molar-refractivity contribution is -0.142. The molecule has 18 heavy (non-hydrogen) atoms. The van der Waals surface area contributed by atoms with Gasteiger partial charge in [0.25, 0.3) is 0 Å². The maximum atomic E-state index is 12.0. The number of carbonyl (C=O) groups excluding carboxylic acids is 2. The van der Waals surface area contributed by atoms with Crippen LogP contribution in [0.2, 0.25) is 0 Å². The Bertz CT molecular complexity index is 318. The Balaban J connectivity index is 1.75.